The molecule has 46 heavy (non-hydrogen) atoms. The maximum absolute atomic E-state index is 14.3. The third kappa shape index (κ3) is 7.62. The number of halogens is 1. The minimum Gasteiger partial charge on any atom is -0.464 e. The van der Waals surface area contributed by atoms with Crippen LogP contribution in [0.2, 0.25) is 0 Å². The number of hydrogen-bond acceptors (Lipinski definition) is 8. The van der Waals surface area contributed by atoms with Crippen molar-refractivity contribution in [2.45, 2.75) is 102 Å². The van der Waals surface area contributed by atoms with Crippen LogP contribution in [0.25, 0.3) is 11.3 Å². The molecule has 2 fully saturated rings. The lowest BCUT2D eigenvalue weighted by Crippen LogP contribution is -2.56. The van der Waals surface area contributed by atoms with Crippen molar-refractivity contribution in [3.8, 4) is 11.3 Å². The van der Waals surface area contributed by atoms with Gasteiger partial charge in [-0.15, -0.1) is 5.10 Å². The Hall–Kier alpha value is -3.74. The highest BCUT2D eigenvalue weighted by atomic mass is 79.9. The Kier molecular flexibility index (Phi) is 10.2. The quantitative estimate of drug-likeness (QED) is 0.338. The molecule has 5 rings (SSSR count). The molecule has 3 amide bonds. The van der Waals surface area contributed by atoms with Crippen molar-refractivity contribution in [1.29, 1.82) is 0 Å². The number of rotatable bonds is 5. The molecular weight excluding hydrogens is 656 g/mol. The van der Waals surface area contributed by atoms with Gasteiger partial charge in [-0.3, -0.25) is 9.59 Å². The summed E-state index contributed by atoms with van der Waals surface area (Å²) in [4.78, 5) is 57.5. The molecule has 0 unspecified atom stereocenters. The third-order valence-corrected chi connectivity index (χ3v) is 9.08. The second kappa shape index (κ2) is 13.9. The summed E-state index contributed by atoms with van der Waals surface area (Å²) in [6.07, 6.45) is 7.57. The van der Waals surface area contributed by atoms with Crippen LogP contribution in [-0.4, -0.2) is 80.1 Å². The lowest BCUT2D eigenvalue weighted by molar-refractivity contribution is -0.150. The number of esters is 1. The van der Waals surface area contributed by atoms with Crippen molar-refractivity contribution in [3.05, 3.63) is 47.1 Å². The number of allylic oxidation sites excluding steroid dienone is 1. The zero-order valence-corrected chi connectivity index (χ0v) is 28.4. The van der Waals surface area contributed by atoms with Gasteiger partial charge in [0.1, 0.15) is 28.9 Å². The number of benzene rings is 1. The van der Waals surface area contributed by atoms with E-state index in [0.717, 1.165) is 24.8 Å². The van der Waals surface area contributed by atoms with Gasteiger partial charge in [0.15, 0.2) is 4.60 Å². The van der Waals surface area contributed by atoms with E-state index in [2.05, 4.69) is 31.7 Å². The smallest absolute Gasteiger partial charge is 0.408 e. The first-order valence-corrected chi connectivity index (χ1v) is 16.8. The van der Waals surface area contributed by atoms with Gasteiger partial charge in [0.2, 0.25) is 11.8 Å². The first kappa shape index (κ1) is 33.6. The maximum atomic E-state index is 14.3. The van der Waals surface area contributed by atoms with Crippen molar-refractivity contribution >= 4 is 39.8 Å². The van der Waals surface area contributed by atoms with Gasteiger partial charge in [-0.1, -0.05) is 55.3 Å². The molecule has 1 saturated heterocycles. The second-order valence-corrected chi connectivity index (χ2v) is 13.9. The number of nitrogens with one attached hydrogen (secondary N) is 2. The number of ether oxygens (including phenoxy) is 2. The molecule has 248 valence electrons. The van der Waals surface area contributed by atoms with Crippen LogP contribution in [0.5, 0.6) is 0 Å². The summed E-state index contributed by atoms with van der Waals surface area (Å²) in [6.45, 7) is 7.32. The number of carbonyl (C=O) groups is 4. The Morgan fingerprint density at radius 3 is 2.61 bits per heavy atom. The molecule has 0 radical (unpaired) electrons. The zero-order chi connectivity index (χ0) is 33.1. The van der Waals surface area contributed by atoms with E-state index in [0.29, 0.717) is 29.6 Å². The van der Waals surface area contributed by atoms with Gasteiger partial charge in [0.25, 0.3) is 0 Å². The van der Waals surface area contributed by atoms with E-state index in [9.17, 15) is 19.2 Å². The minimum atomic E-state index is -1.18. The van der Waals surface area contributed by atoms with Gasteiger partial charge >= 0.3 is 12.1 Å². The first-order valence-electron chi connectivity index (χ1n) is 16.1. The fourth-order valence-electron chi connectivity index (χ4n) is 6.18. The van der Waals surface area contributed by atoms with Crippen LogP contribution < -0.4 is 10.6 Å². The van der Waals surface area contributed by atoms with E-state index in [-0.39, 0.29) is 25.5 Å². The highest BCUT2D eigenvalue weighted by Gasteiger charge is 2.62. The van der Waals surface area contributed by atoms with Gasteiger partial charge in [0.05, 0.1) is 12.6 Å². The molecule has 12 nitrogen and oxygen atoms in total. The van der Waals surface area contributed by atoms with Gasteiger partial charge in [0, 0.05) is 24.4 Å². The lowest BCUT2D eigenvalue weighted by Gasteiger charge is -2.30. The third-order valence-electron chi connectivity index (χ3n) is 8.55. The van der Waals surface area contributed by atoms with Crippen LogP contribution >= 0.6 is 15.9 Å². The first-order chi connectivity index (χ1) is 21.9. The van der Waals surface area contributed by atoms with Crippen LogP contribution in [0.15, 0.2) is 47.1 Å². The minimum absolute atomic E-state index is 0.133. The molecule has 1 aromatic heterocycles. The van der Waals surface area contributed by atoms with E-state index in [1.54, 1.807) is 32.5 Å². The van der Waals surface area contributed by atoms with E-state index in [1.807, 2.05) is 42.5 Å². The summed E-state index contributed by atoms with van der Waals surface area (Å²) < 4.78 is 11.4. The second-order valence-electron chi connectivity index (χ2n) is 13.2. The van der Waals surface area contributed by atoms with Crippen molar-refractivity contribution in [2.24, 2.45) is 5.92 Å². The summed E-state index contributed by atoms with van der Waals surface area (Å²) in [7, 11) is 0. The Morgan fingerprint density at radius 2 is 1.89 bits per heavy atom. The predicted molar refractivity (Wildman–Crippen MR) is 173 cm³/mol. The summed E-state index contributed by atoms with van der Waals surface area (Å²) in [5.41, 5.74) is -0.427. The van der Waals surface area contributed by atoms with Crippen molar-refractivity contribution in [3.63, 3.8) is 0 Å². The molecule has 1 aromatic carbocycles. The Labute approximate surface area is 277 Å². The van der Waals surface area contributed by atoms with Crippen LogP contribution in [0.1, 0.15) is 78.7 Å². The molecule has 5 atom stereocenters. The summed E-state index contributed by atoms with van der Waals surface area (Å²) in [6, 6.07) is 7.30. The van der Waals surface area contributed by atoms with Crippen molar-refractivity contribution in [1.82, 2.24) is 30.5 Å². The monoisotopic (exact) mass is 698 g/mol. The molecule has 0 bridgehead atoms. The number of hydrogen-bond donors (Lipinski definition) is 2. The molecule has 2 aliphatic heterocycles. The van der Waals surface area contributed by atoms with E-state index in [4.69, 9.17) is 14.6 Å². The summed E-state index contributed by atoms with van der Waals surface area (Å²) in [5.74, 6) is -1.53. The Bertz CT molecular complexity index is 1470. The van der Waals surface area contributed by atoms with E-state index >= 15 is 0 Å². The SMILES string of the molecule is CCOC(=O)[C@@]12C[C@H]1/C=C\CCCCC[C@H](NC(=O)OC(C)(C)C)C(=O)N1C[C@H](n3nc(Br)c(-c4ccccc4)n3)C[C@H]1C(=O)N2. The number of nitrogens with zero attached hydrogens (tertiary/aromatic N) is 4. The van der Waals surface area contributed by atoms with E-state index in [1.165, 1.54) is 4.90 Å². The largest absolute Gasteiger partial charge is 0.464 e. The van der Waals surface area contributed by atoms with E-state index < -0.39 is 53.1 Å². The molecule has 0 spiro atoms. The highest BCUT2D eigenvalue weighted by molar-refractivity contribution is 9.10. The fraction of sp³-hybridized carbons (Fsp3) is 0.576. The topological polar surface area (TPSA) is 145 Å². The number of aromatic nitrogens is 3. The molecule has 2 N–H and O–H groups in total. The average molecular weight is 700 g/mol. The van der Waals surface area contributed by atoms with Crippen LogP contribution in [0.4, 0.5) is 4.79 Å². The number of alkyl carbamates (subject to hydrolysis) is 1. The zero-order valence-electron chi connectivity index (χ0n) is 26.8. The normalized spacial score (nSPS) is 27.7. The standard InChI is InChI=1S/C33H43BrN6O6/c1-5-45-30(43)33-19-22(33)16-12-7-6-8-13-17-24(35-31(44)46-32(2,3)4)29(42)39-20-23(18-25(39)28(41)36-33)40-37-26(27(34)38-40)21-14-10-9-11-15-21/h9-12,14-16,22-25H,5-8,13,17-20H2,1-4H3,(H,35,44)(H,36,41)/b16-12-/t22-,23-,24+,25+,33-/m1/s1. The number of fused-ring (bicyclic) bond motifs is 2. The Morgan fingerprint density at radius 1 is 1.13 bits per heavy atom. The fourth-order valence-corrected chi connectivity index (χ4v) is 6.65. The Balaban J connectivity index is 1.47. The molecule has 3 heterocycles. The summed E-state index contributed by atoms with van der Waals surface area (Å²) >= 11 is 3.52. The highest BCUT2D eigenvalue weighted by Crippen LogP contribution is 2.46. The maximum Gasteiger partial charge on any atom is 0.408 e. The average Bonchev–Trinajstić information content (AvgIpc) is 3.31. The van der Waals surface area contributed by atoms with Crippen LogP contribution in [-0.2, 0) is 23.9 Å². The van der Waals surface area contributed by atoms with Crippen LogP contribution in [0.3, 0.4) is 0 Å². The number of amides is 3. The van der Waals surface area contributed by atoms with Gasteiger partial charge < -0.3 is 25.0 Å². The van der Waals surface area contributed by atoms with Gasteiger partial charge in [-0.2, -0.15) is 9.90 Å². The van der Waals surface area contributed by atoms with Crippen molar-refractivity contribution in [2.75, 3.05) is 13.2 Å². The molecule has 2 aromatic rings. The molecule has 1 saturated carbocycles. The molecule has 13 heteroatoms. The molecule has 1 aliphatic carbocycles. The molecular formula is C33H43BrN6O6. The van der Waals surface area contributed by atoms with Gasteiger partial charge in [-0.05, 0) is 69.3 Å². The lowest BCUT2D eigenvalue weighted by atomic mass is 10.0. The van der Waals surface area contributed by atoms with Crippen molar-refractivity contribution < 1.29 is 28.7 Å². The van der Waals surface area contributed by atoms with Crippen LogP contribution in [0, 0.1) is 5.92 Å². The number of carbonyl (C=O) groups excluding carboxylic acids is 4. The predicted octanol–water partition coefficient (Wildman–Crippen LogP) is 4.70. The van der Waals surface area contributed by atoms with Gasteiger partial charge in [-0.25, -0.2) is 9.59 Å². The summed E-state index contributed by atoms with van der Waals surface area (Å²) in [5, 5.41) is 15.1. The molecule has 3 aliphatic rings.